The third kappa shape index (κ3) is 3.26. The minimum Gasteiger partial charge on any atom is -0.395 e. The maximum atomic E-state index is 10.1. The Labute approximate surface area is 101 Å². The SMILES string of the molecule is OCC1COCCN1CC(O)c1ccccc1. The summed E-state index contributed by atoms with van der Waals surface area (Å²) in [5.41, 5.74) is 0.913. The Kier molecular flexibility index (Phi) is 4.50. The van der Waals surface area contributed by atoms with Crippen molar-refractivity contribution in [2.24, 2.45) is 0 Å². The van der Waals surface area contributed by atoms with Gasteiger partial charge in [0, 0.05) is 13.1 Å². The average Bonchev–Trinajstić information content (AvgIpc) is 2.40. The van der Waals surface area contributed by atoms with Gasteiger partial charge in [0.1, 0.15) is 0 Å². The maximum absolute atomic E-state index is 10.1. The zero-order valence-corrected chi connectivity index (χ0v) is 9.83. The molecule has 0 amide bonds. The fraction of sp³-hybridized carbons (Fsp3) is 0.538. The lowest BCUT2D eigenvalue weighted by molar-refractivity contribution is -0.0437. The van der Waals surface area contributed by atoms with Gasteiger partial charge in [-0.15, -0.1) is 0 Å². The molecule has 1 heterocycles. The summed E-state index contributed by atoms with van der Waals surface area (Å²) in [6, 6.07) is 9.60. The summed E-state index contributed by atoms with van der Waals surface area (Å²) in [5, 5.41) is 19.4. The normalized spacial score (nSPS) is 23.5. The second-order valence-electron chi connectivity index (χ2n) is 4.33. The molecule has 1 aliphatic heterocycles. The Morgan fingerprint density at radius 3 is 2.82 bits per heavy atom. The van der Waals surface area contributed by atoms with Gasteiger partial charge >= 0.3 is 0 Å². The van der Waals surface area contributed by atoms with Crippen LogP contribution in [0.15, 0.2) is 30.3 Å². The van der Waals surface area contributed by atoms with Gasteiger partial charge in [0.05, 0.1) is 32.0 Å². The Balaban J connectivity index is 1.95. The van der Waals surface area contributed by atoms with Crippen LogP contribution in [-0.2, 0) is 4.74 Å². The summed E-state index contributed by atoms with van der Waals surface area (Å²) in [6.07, 6.45) is -0.511. The molecular formula is C13H19NO3. The zero-order valence-electron chi connectivity index (χ0n) is 9.83. The summed E-state index contributed by atoms with van der Waals surface area (Å²) >= 11 is 0. The molecule has 4 nitrogen and oxygen atoms in total. The van der Waals surface area contributed by atoms with Crippen LogP contribution in [0.2, 0.25) is 0 Å². The standard InChI is InChI=1S/C13H19NO3/c15-9-12-10-17-7-6-14(12)8-13(16)11-4-2-1-3-5-11/h1-5,12-13,15-16H,6-10H2. The zero-order chi connectivity index (χ0) is 12.1. The van der Waals surface area contributed by atoms with E-state index in [2.05, 4.69) is 4.90 Å². The highest BCUT2D eigenvalue weighted by atomic mass is 16.5. The molecule has 1 aromatic carbocycles. The van der Waals surface area contributed by atoms with Gasteiger partial charge < -0.3 is 14.9 Å². The second-order valence-corrected chi connectivity index (χ2v) is 4.33. The molecule has 0 radical (unpaired) electrons. The van der Waals surface area contributed by atoms with E-state index in [1.807, 2.05) is 30.3 Å². The first-order chi connectivity index (χ1) is 8.31. The molecule has 94 valence electrons. The molecule has 1 fully saturated rings. The van der Waals surface area contributed by atoms with Gasteiger partial charge in [0.15, 0.2) is 0 Å². The smallest absolute Gasteiger partial charge is 0.0917 e. The topological polar surface area (TPSA) is 52.9 Å². The van der Waals surface area contributed by atoms with E-state index in [0.717, 1.165) is 12.1 Å². The van der Waals surface area contributed by atoms with Crippen LogP contribution < -0.4 is 0 Å². The van der Waals surface area contributed by atoms with E-state index >= 15 is 0 Å². The quantitative estimate of drug-likeness (QED) is 0.796. The number of β-amino-alcohol motifs (C(OH)–C–C–N with tert-alkyl or cyclic N) is 1. The van der Waals surface area contributed by atoms with Crippen molar-refractivity contribution in [2.45, 2.75) is 12.1 Å². The van der Waals surface area contributed by atoms with Gasteiger partial charge in [0.2, 0.25) is 0 Å². The van der Waals surface area contributed by atoms with Gasteiger partial charge in [-0.25, -0.2) is 0 Å². The van der Waals surface area contributed by atoms with Crippen LogP contribution in [-0.4, -0.2) is 54.1 Å². The highest BCUT2D eigenvalue weighted by molar-refractivity contribution is 5.17. The van der Waals surface area contributed by atoms with E-state index in [0.29, 0.717) is 19.8 Å². The summed E-state index contributed by atoms with van der Waals surface area (Å²) in [4.78, 5) is 2.08. The Morgan fingerprint density at radius 1 is 1.35 bits per heavy atom. The van der Waals surface area contributed by atoms with Crippen LogP contribution in [0, 0.1) is 0 Å². The fourth-order valence-electron chi connectivity index (χ4n) is 2.10. The first kappa shape index (κ1) is 12.5. The Morgan fingerprint density at radius 2 is 2.12 bits per heavy atom. The van der Waals surface area contributed by atoms with Crippen molar-refractivity contribution in [1.29, 1.82) is 0 Å². The Bertz CT molecular complexity index is 331. The first-order valence-electron chi connectivity index (χ1n) is 5.97. The summed E-state index contributed by atoms with van der Waals surface area (Å²) in [5.74, 6) is 0. The van der Waals surface area contributed by atoms with Crippen LogP contribution in [0.3, 0.4) is 0 Å². The van der Waals surface area contributed by atoms with Gasteiger partial charge in [-0.05, 0) is 5.56 Å². The molecule has 2 rings (SSSR count). The highest BCUT2D eigenvalue weighted by Gasteiger charge is 2.24. The number of benzene rings is 1. The minimum atomic E-state index is -0.511. The molecule has 0 aromatic heterocycles. The van der Waals surface area contributed by atoms with E-state index in [1.165, 1.54) is 0 Å². The second kappa shape index (κ2) is 6.12. The molecule has 0 aliphatic carbocycles. The molecule has 0 saturated carbocycles. The van der Waals surface area contributed by atoms with Crippen molar-refractivity contribution in [3.8, 4) is 0 Å². The fourth-order valence-corrected chi connectivity index (χ4v) is 2.10. The van der Waals surface area contributed by atoms with Crippen LogP contribution in [0.25, 0.3) is 0 Å². The molecule has 2 unspecified atom stereocenters. The van der Waals surface area contributed by atoms with Crippen LogP contribution >= 0.6 is 0 Å². The number of hydrogen-bond acceptors (Lipinski definition) is 4. The molecule has 4 heteroatoms. The molecule has 1 saturated heterocycles. The van der Waals surface area contributed by atoms with Gasteiger partial charge in [-0.1, -0.05) is 30.3 Å². The molecule has 0 bridgehead atoms. The lowest BCUT2D eigenvalue weighted by atomic mass is 10.1. The molecule has 17 heavy (non-hydrogen) atoms. The number of ether oxygens (including phenoxy) is 1. The van der Waals surface area contributed by atoms with Crippen molar-refractivity contribution in [2.75, 3.05) is 32.9 Å². The van der Waals surface area contributed by atoms with Crippen molar-refractivity contribution in [1.82, 2.24) is 4.90 Å². The van der Waals surface area contributed by atoms with Crippen molar-refractivity contribution >= 4 is 0 Å². The summed E-state index contributed by atoms with van der Waals surface area (Å²) < 4.78 is 5.31. The Hall–Kier alpha value is -0.940. The number of aliphatic hydroxyl groups is 2. The first-order valence-corrected chi connectivity index (χ1v) is 5.97. The maximum Gasteiger partial charge on any atom is 0.0917 e. The monoisotopic (exact) mass is 237 g/mol. The lowest BCUT2D eigenvalue weighted by Crippen LogP contribution is -2.48. The number of hydrogen-bond donors (Lipinski definition) is 2. The van der Waals surface area contributed by atoms with Gasteiger partial charge in [-0.3, -0.25) is 4.90 Å². The third-order valence-electron chi connectivity index (χ3n) is 3.15. The molecule has 1 aliphatic rings. The van der Waals surface area contributed by atoms with Crippen molar-refractivity contribution in [3.05, 3.63) is 35.9 Å². The molecular weight excluding hydrogens is 218 g/mol. The summed E-state index contributed by atoms with van der Waals surface area (Å²) in [7, 11) is 0. The van der Waals surface area contributed by atoms with Crippen molar-refractivity contribution in [3.63, 3.8) is 0 Å². The van der Waals surface area contributed by atoms with Crippen LogP contribution in [0.5, 0.6) is 0 Å². The third-order valence-corrected chi connectivity index (χ3v) is 3.15. The minimum absolute atomic E-state index is 0.00196. The largest absolute Gasteiger partial charge is 0.395 e. The van der Waals surface area contributed by atoms with Crippen LogP contribution in [0.1, 0.15) is 11.7 Å². The number of nitrogens with zero attached hydrogens (tertiary/aromatic N) is 1. The molecule has 0 spiro atoms. The van der Waals surface area contributed by atoms with Gasteiger partial charge in [-0.2, -0.15) is 0 Å². The van der Waals surface area contributed by atoms with E-state index in [9.17, 15) is 10.2 Å². The predicted octanol–water partition coefficient (Wildman–Crippen LogP) is 0.413. The van der Waals surface area contributed by atoms with E-state index in [4.69, 9.17) is 4.74 Å². The molecule has 2 N–H and O–H groups in total. The predicted molar refractivity (Wildman–Crippen MR) is 64.7 cm³/mol. The summed E-state index contributed by atoms with van der Waals surface area (Å²) in [6.45, 7) is 2.57. The number of rotatable bonds is 4. The van der Waals surface area contributed by atoms with Gasteiger partial charge in [0.25, 0.3) is 0 Å². The van der Waals surface area contributed by atoms with E-state index in [1.54, 1.807) is 0 Å². The number of morpholine rings is 1. The van der Waals surface area contributed by atoms with E-state index < -0.39 is 6.10 Å². The molecule has 2 atom stereocenters. The number of aliphatic hydroxyl groups excluding tert-OH is 2. The molecule has 1 aromatic rings. The van der Waals surface area contributed by atoms with Crippen molar-refractivity contribution < 1.29 is 14.9 Å². The van der Waals surface area contributed by atoms with E-state index in [-0.39, 0.29) is 12.6 Å². The van der Waals surface area contributed by atoms with Crippen LogP contribution in [0.4, 0.5) is 0 Å². The highest BCUT2D eigenvalue weighted by Crippen LogP contribution is 2.16. The average molecular weight is 237 g/mol. The lowest BCUT2D eigenvalue weighted by Gasteiger charge is -2.35.